The van der Waals surface area contributed by atoms with Crippen molar-refractivity contribution < 1.29 is 0 Å². The van der Waals surface area contributed by atoms with E-state index in [1.54, 1.807) is 11.3 Å². The van der Waals surface area contributed by atoms with E-state index in [0.29, 0.717) is 0 Å². The number of hydrogen-bond acceptors (Lipinski definition) is 2. The van der Waals surface area contributed by atoms with Gasteiger partial charge in [0.05, 0.1) is 5.69 Å². The number of rotatable bonds is 1. The first-order valence-corrected chi connectivity index (χ1v) is 6.65. The van der Waals surface area contributed by atoms with Gasteiger partial charge in [-0.15, -0.1) is 0 Å². The topological polar surface area (TPSA) is 17.3 Å². The summed E-state index contributed by atoms with van der Waals surface area (Å²) in [5.41, 5.74) is 4.41. The molecular formula is C12H9BrN2S. The minimum Gasteiger partial charge on any atom is -0.305 e. The SMILES string of the molecule is Cc1cc(Br)cn2cc(-c3ccsc3)nc12. The van der Waals surface area contributed by atoms with Gasteiger partial charge in [-0.3, -0.25) is 0 Å². The number of hydrogen-bond donors (Lipinski definition) is 0. The summed E-state index contributed by atoms with van der Waals surface area (Å²) in [6, 6.07) is 4.18. The molecule has 0 radical (unpaired) electrons. The van der Waals surface area contributed by atoms with Crippen molar-refractivity contribution in [2.45, 2.75) is 6.92 Å². The van der Waals surface area contributed by atoms with E-state index in [9.17, 15) is 0 Å². The molecule has 0 bridgehead atoms. The minimum absolute atomic E-state index is 1.02. The van der Waals surface area contributed by atoms with Crippen LogP contribution < -0.4 is 0 Å². The summed E-state index contributed by atoms with van der Waals surface area (Å²) in [5, 5.41) is 4.19. The summed E-state index contributed by atoms with van der Waals surface area (Å²) < 4.78 is 3.14. The van der Waals surface area contributed by atoms with Gasteiger partial charge >= 0.3 is 0 Å². The molecule has 16 heavy (non-hydrogen) atoms. The number of pyridine rings is 1. The second kappa shape index (κ2) is 3.71. The number of aromatic nitrogens is 2. The summed E-state index contributed by atoms with van der Waals surface area (Å²) >= 11 is 5.19. The Bertz CT molecular complexity index is 640. The molecule has 0 saturated heterocycles. The number of thiophene rings is 1. The molecule has 2 nitrogen and oxygen atoms in total. The zero-order valence-electron chi connectivity index (χ0n) is 8.64. The summed E-state index contributed by atoms with van der Waals surface area (Å²) in [6.45, 7) is 2.07. The highest BCUT2D eigenvalue weighted by Gasteiger charge is 2.07. The maximum Gasteiger partial charge on any atom is 0.140 e. The number of nitrogens with zero attached hydrogens (tertiary/aromatic N) is 2. The predicted octanol–water partition coefficient (Wildman–Crippen LogP) is 4.13. The summed E-state index contributed by atoms with van der Waals surface area (Å²) in [7, 11) is 0. The maximum atomic E-state index is 4.64. The smallest absolute Gasteiger partial charge is 0.140 e. The van der Waals surface area contributed by atoms with Crippen molar-refractivity contribution in [2.75, 3.05) is 0 Å². The summed E-state index contributed by atoms with van der Waals surface area (Å²) in [6.07, 6.45) is 4.10. The van der Waals surface area contributed by atoms with Gasteiger partial charge in [0.2, 0.25) is 0 Å². The van der Waals surface area contributed by atoms with Crippen molar-refractivity contribution in [3.63, 3.8) is 0 Å². The standard InChI is InChI=1S/C12H9BrN2S/c1-8-4-10(13)5-15-6-11(14-12(8)15)9-2-3-16-7-9/h2-7H,1H3. The fraction of sp³-hybridized carbons (Fsp3) is 0.0833. The highest BCUT2D eigenvalue weighted by atomic mass is 79.9. The van der Waals surface area contributed by atoms with Crippen LogP contribution in [0.4, 0.5) is 0 Å². The first-order chi connectivity index (χ1) is 7.74. The van der Waals surface area contributed by atoms with Crippen molar-refractivity contribution in [3.05, 3.63) is 45.3 Å². The van der Waals surface area contributed by atoms with Gasteiger partial charge in [0, 0.05) is 27.8 Å². The Morgan fingerprint density at radius 1 is 1.38 bits per heavy atom. The Hall–Kier alpha value is -1.13. The van der Waals surface area contributed by atoms with Crippen LogP contribution in [0.15, 0.2) is 39.8 Å². The lowest BCUT2D eigenvalue weighted by Crippen LogP contribution is -1.86. The van der Waals surface area contributed by atoms with E-state index in [4.69, 9.17) is 0 Å². The normalized spacial score (nSPS) is 11.1. The van der Waals surface area contributed by atoms with Crippen LogP contribution in [0.1, 0.15) is 5.56 Å². The molecule has 0 amide bonds. The van der Waals surface area contributed by atoms with E-state index >= 15 is 0 Å². The van der Waals surface area contributed by atoms with Crippen molar-refractivity contribution in [1.82, 2.24) is 9.38 Å². The Morgan fingerprint density at radius 3 is 3.00 bits per heavy atom. The Morgan fingerprint density at radius 2 is 2.25 bits per heavy atom. The van der Waals surface area contributed by atoms with Crippen LogP contribution in [0, 0.1) is 6.92 Å². The molecule has 0 atom stereocenters. The average Bonchev–Trinajstić information content (AvgIpc) is 2.82. The molecule has 0 aliphatic carbocycles. The Balaban J connectivity index is 2.27. The average molecular weight is 293 g/mol. The number of aryl methyl sites for hydroxylation is 1. The molecule has 0 aliphatic heterocycles. The highest BCUT2D eigenvalue weighted by molar-refractivity contribution is 9.10. The van der Waals surface area contributed by atoms with E-state index in [2.05, 4.69) is 61.3 Å². The second-order valence-corrected chi connectivity index (χ2v) is 5.41. The summed E-state index contributed by atoms with van der Waals surface area (Å²) in [5.74, 6) is 0. The molecule has 3 heterocycles. The molecule has 0 spiro atoms. The predicted molar refractivity (Wildman–Crippen MR) is 70.9 cm³/mol. The van der Waals surface area contributed by atoms with Crippen molar-refractivity contribution in [2.24, 2.45) is 0 Å². The molecular weight excluding hydrogens is 284 g/mol. The fourth-order valence-corrected chi connectivity index (χ4v) is 2.99. The molecule has 0 unspecified atom stereocenters. The molecule has 0 saturated carbocycles. The molecule has 0 aliphatic rings. The van der Waals surface area contributed by atoms with Gasteiger partial charge in [0.15, 0.2) is 0 Å². The molecule has 3 aromatic heterocycles. The van der Waals surface area contributed by atoms with Crippen LogP contribution in [0.5, 0.6) is 0 Å². The Kier molecular flexibility index (Phi) is 2.33. The van der Waals surface area contributed by atoms with Crippen LogP contribution in [0.25, 0.3) is 16.9 Å². The van der Waals surface area contributed by atoms with Gasteiger partial charge in [0.25, 0.3) is 0 Å². The fourth-order valence-electron chi connectivity index (χ4n) is 1.77. The van der Waals surface area contributed by atoms with Crippen LogP contribution in [0.3, 0.4) is 0 Å². The van der Waals surface area contributed by atoms with Gasteiger partial charge in [-0.1, -0.05) is 0 Å². The zero-order valence-corrected chi connectivity index (χ0v) is 11.0. The van der Waals surface area contributed by atoms with E-state index in [0.717, 1.165) is 15.8 Å². The molecule has 0 aromatic carbocycles. The second-order valence-electron chi connectivity index (χ2n) is 3.71. The van der Waals surface area contributed by atoms with E-state index in [-0.39, 0.29) is 0 Å². The third-order valence-corrected chi connectivity index (χ3v) is 3.64. The molecule has 0 N–H and O–H groups in total. The van der Waals surface area contributed by atoms with E-state index in [1.165, 1.54) is 11.1 Å². The molecule has 3 rings (SSSR count). The van der Waals surface area contributed by atoms with Gasteiger partial charge < -0.3 is 4.40 Å². The largest absolute Gasteiger partial charge is 0.305 e. The Labute approximate surface area is 106 Å². The van der Waals surface area contributed by atoms with Gasteiger partial charge in [-0.05, 0) is 45.9 Å². The maximum absolute atomic E-state index is 4.64. The van der Waals surface area contributed by atoms with Crippen LogP contribution >= 0.6 is 27.3 Å². The van der Waals surface area contributed by atoms with E-state index < -0.39 is 0 Å². The molecule has 3 aromatic rings. The highest BCUT2D eigenvalue weighted by Crippen LogP contribution is 2.24. The van der Waals surface area contributed by atoms with Crippen molar-refractivity contribution in [1.29, 1.82) is 0 Å². The third-order valence-electron chi connectivity index (χ3n) is 2.52. The molecule has 0 fully saturated rings. The third kappa shape index (κ3) is 1.58. The monoisotopic (exact) mass is 292 g/mol. The number of halogens is 1. The minimum atomic E-state index is 1.02. The number of fused-ring (bicyclic) bond motifs is 1. The van der Waals surface area contributed by atoms with Gasteiger partial charge in [-0.2, -0.15) is 11.3 Å². The summed E-state index contributed by atoms with van der Waals surface area (Å²) in [4.78, 5) is 4.64. The van der Waals surface area contributed by atoms with Crippen LogP contribution in [-0.4, -0.2) is 9.38 Å². The van der Waals surface area contributed by atoms with Gasteiger partial charge in [0.1, 0.15) is 5.65 Å². The van der Waals surface area contributed by atoms with Crippen molar-refractivity contribution in [3.8, 4) is 11.3 Å². The lowest BCUT2D eigenvalue weighted by Gasteiger charge is -1.97. The van der Waals surface area contributed by atoms with Crippen LogP contribution in [0.2, 0.25) is 0 Å². The zero-order chi connectivity index (χ0) is 11.1. The van der Waals surface area contributed by atoms with Crippen molar-refractivity contribution >= 4 is 32.9 Å². The van der Waals surface area contributed by atoms with Crippen LogP contribution in [-0.2, 0) is 0 Å². The first kappa shape index (κ1) is 10.1. The lowest BCUT2D eigenvalue weighted by atomic mass is 10.3. The molecule has 4 heteroatoms. The van der Waals surface area contributed by atoms with E-state index in [1.807, 2.05) is 6.20 Å². The molecule has 80 valence electrons. The van der Waals surface area contributed by atoms with Gasteiger partial charge in [-0.25, -0.2) is 4.98 Å². The lowest BCUT2D eigenvalue weighted by molar-refractivity contribution is 1.15. The quantitative estimate of drug-likeness (QED) is 0.659. The first-order valence-electron chi connectivity index (χ1n) is 4.91. The number of imidazole rings is 1.